The molecule has 0 atom stereocenters. The first-order valence-electron chi connectivity index (χ1n) is 7.14. The molecule has 7 heteroatoms. The smallest absolute Gasteiger partial charge is 0.254 e. The predicted octanol–water partition coefficient (Wildman–Crippen LogP) is 1.15. The first-order valence-corrected chi connectivity index (χ1v) is 7.14. The van der Waals surface area contributed by atoms with Crippen LogP contribution in [-0.4, -0.2) is 43.6 Å². The third kappa shape index (κ3) is 2.86. The number of fused-ring (bicyclic) bond motifs is 1. The zero-order chi connectivity index (χ0) is 14.7. The first kappa shape index (κ1) is 13.5. The van der Waals surface area contributed by atoms with Crippen LogP contribution in [0.1, 0.15) is 29.5 Å². The minimum absolute atomic E-state index is 0.00574. The molecule has 0 spiro atoms. The minimum Gasteiger partial charge on any atom is -0.370 e. The lowest BCUT2D eigenvalue weighted by molar-refractivity contribution is 0.0707. The van der Waals surface area contributed by atoms with E-state index < -0.39 is 0 Å². The Hall–Kier alpha value is -2.44. The van der Waals surface area contributed by atoms with Gasteiger partial charge in [-0.15, -0.1) is 10.2 Å². The Morgan fingerprint density at radius 1 is 1.43 bits per heavy atom. The second-order valence-electron chi connectivity index (χ2n) is 5.02. The van der Waals surface area contributed by atoms with Crippen LogP contribution in [0.3, 0.4) is 0 Å². The molecule has 0 aliphatic carbocycles. The van der Waals surface area contributed by atoms with E-state index in [4.69, 9.17) is 0 Å². The highest BCUT2D eigenvalue weighted by atomic mass is 16.2. The van der Waals surface area contributed by atoms with Crippen molar-refractivity contribution in [2.75, 3.05) is 18.4 Å². The monoisotopic (exact) mass is 286 g/mol. The fourth-order valence-electron chi connectivity index (χ4n) is 2.34. The van der Waals surface area contributed by atoms with Gasteiger partial charge in [-0.05, 0) is 18.6 Å². The summed E-state index contributed by atoms with van der Waals surface area (Å²) in [6.07, 6.45) is 4.38. The summed E-state index contributed by atoms with van der Waals surface area (Å²) in [5.74, 6) is 1.57. The summed E-state index contributed by atoms with van der Waals surface area (Å²) in [7, 11) is 0. The van der Waals surface area contributed by atoms with Gasteiger partial charge in [0.2, 0.25) is 0 Å². The van der Waals surface area contributed by atoms with E-state index in [0.717, 1.165) is 31.2 Å². The Morgan fingerprint density at radius 2 is 2.33 bits per heavy atom. The fraction of sp³-hybridized carbons (Fsp3) is 0.429. The van der Waals surface area contributed by atoms with Gasteiger partial charge in [0.15, 0.2) is 5.82 Å². The van der Waals surface area contributed by atoms with Crippen LogP contribution in [0.2, 0.25) is 0 Å². The molecule has 1 amide bonds. The number of nitrogens with zero attached hydrogens (tertiary/aromatic N) is 5. The van der Waals surface area contributed by atoms with Crippen LogP contribution in [-0.2, 0) is 13.1 Å². The van der Waals surface area contributed by atoms with Gasteiger partial charge in [0.25, 0.3) is 5.91 Å². The van der Waals surface area contributed by atoms with E-state index in [9.17, 15) is 4.79 Å². The highest BCUT2D eigenvalue weighted by Gasteiger charge is 2.23. The van der Waals surface area contributed by atoms with Gasteiger partial charge in [0.1, 0.15) is 12.1 Å². The largest absolute Gasteiger partial charge is 0.370 e. The molecule has 1 N–H and O–H groups in total. The SMILES string of the molecule is CCCNc1cc(C(=O)N2CCn3cnnc3C2)ccn1. The summed E-state index contributed by atoms with van der Waals surface area (Å²) in [6, 6.07) is 3.55. The lowest BCUT2D eigenvalue weighted by Crippen LogP contribution is -2.38. The van der Waals surface area contributed by atoms with E-state index in [-0.39, 0.29) is 5.91 Å². The maximum Gasteiger partial charge on any atom is 0.254 e. The van der Waals surface area contributed by atoms with E-state index in [1.807, 2.05) is 4.57 Å². The van der Waals surface area contributed by atoms with Gasteiger partial charge in [-0.3, -0.25) is 4.79 Å². The van der Waals surface area contributed by atoms with Crippen molar-refractivity contribution in [3.05, 3.63) is 36.0 Å². The van der Waals surface area contributed by atoms with E-state index in [2.05, 4.69) is 27.4 Å². The quantitative estimate of drug-likeness (QED) is 0.912. The van der Waals surface area contributed by atoms with Crippen molar-refractivity contribution >= 4 is 11.7 Å². The number of nitrogens with one attached hydrogen (secondary N) is 1. The molecule has 1 aliphatic heterocycles. The van der Waals surface area contributed by atoms with E-state index >= 15 is 0 Å². The summed E-state index contributed by atoms with van der Waals surface area (Å²) in [4.78, 5) is 18.6. The van der Waals surface area contributed by atoms with E-state index in [1.54, 1.807) is 29.6 Å². The highest BCUT2D eigenvalue weighted by molar-refractivity contribution is 5.94. The van der Waals surface area contributed by atoms with Crippen molar-refractivity contribution in [2.24, 2.45) is 0 Å². The summed E-state index contributed by atoms with van der Waals surface area (Å²) in [5, 5.41) is 11.1. The molecule has 0 fully saturated rings. The maximum absolute atomic E-state index is 12.6. The average molecular weight is 286 g/mol. The molecule has 0 unspecified atom stereocenters. The third-order valence-electron chi connectivity index (χ3n) is 3.49. The number of rotatable bonds is 4. The molecule has 110 valence electrons. The van der Waals surface area contributed by atoms with Crippen molar-refractivity contribution in [2.45, 2.75) is 26.4 Å². The Kier molecular flexibility index (Phi) is 3.81. The molecule has 3 heterocycles. The summed E-state index contributed by atoms with van der Waals surface area (Å²) >= 11 is 0. The molecule has 0 saturated carbocycles. The lowest BCUT2D eigenvalue weighted by Gasteiger charge is -2.27. The lowest BCUT2D eigenvalue weighted by atomic mass is 10.2. The Balaban J connectivity index is 1.73. The number of carbonyl (C=O) groups excluding carboxylic acids is 1. The summed E-state index contributed by atoms with van der Waals surface area (Å²) in [5.41, 5.74) is 0.650. The number of carbonyl (C=O) groups is 1. The second-order valence-corrected chi connectivity index (χ2v) is 5.02. The first-order chi connectivity index (χ1) is 10.3. The summed E-state index contributed by atoms with van der Waals surface area (Å²) < 4.78 is 1.98. The van der Waals surface area contributed by atoms with Crippen molar-refractivity contribution in [3.63, 3.8) is 0 Å². The normalized spacial score (nSPS) is 13.9. The number of hydrogen-bond acceptors (Lipinski definition) is 5. The minimum atomic E-state index is 0.00574. The zero-order valence-corrected chi connectivity index (χ0v) is 12.0. The van der Waals surface area contributed by atoms with E-state index in [1.165, 1.54) is 0 Å². The summed E-state index contributed by atoms with van der Waals surface area (Å²) in [6.45, 7) is 4.84. The van der Waals surface area contributed by atoms with Crippen molar-refractivity contribution < 1.29 is 4.79 Å². The number of pyridine rings is 1. The molecule has 1 aliphatic rings. The molecule has 21 heavy (non-hydrogen) atoms. The van der Waals surface area contributed by atoms with Gasteiger partial charge >= 0.3 is 0 Å². The molecule has 0 bridgehead atoms. The van der Waals surface area contributed by atoms with Crippen LogP contribution in [0, 0.1) is 0 Å². The number of amides is 1. The molecular formula is C14H18N6O. The molecule has 0 saturated heterocycles. The Morgan fingerprint density at radius 3 is 3.19 bits per heavy atom. The van der Waals surface area contributed by atoms with Crippen LogP contribution in [0.15, 0.2) is 24.7 Å². The van der Waals surface area contributed by atoms with Crippen LogP contribution in [0.5, 0.6) is 0 Å². The van der Waals surface area contributed by atoms with Gasteiger partial charge in [0, 0.05) is 31.4 Å². The predicted molar refractivity (Wildman–Crippen MR) is 77.8 cm³/mol. The molecule has 0 radical (unpaired) electrons. The Labute approximate surface area is 123 Å². The molecule has 2 aromatic rings. The number of anilines is 1. The van der Waals surface area contributed by atoms with Crippen molar-refractivity contribution in [1.29, 1.82) is 0 Å². The van der Waals surface area contributed by atoms with Crippen molar-refractivity contribution in [3.8, 4) is 0 Å². The van der Waals surface area contributed by atoms with Crippen LogP contribution < -0.4 is 5.32 Å². The van der Waals surface area contributed by atoms with Crippen molar-refractivity contribution in [1.82, 2.24) is 24.6 Å². The van der Waals surface area contributed by atoms with Crippen LogP contribution in [0.25, 0.3) is 0 Å². The van der Waals surface area contributed by atoms with E-state index in [0.29, 0.717) is 18.7 Å². The molecule has 3 rings (SSSR count). The van der Waals surface area contributed by atoms with Gasteiger partial charge in [-0.2, -0.15) is 0 Å². The molecular weight excluding hydrogens is 268 g/mol. The standard InChI is InChI=1S/C14H18N6O/c1-2-4-15-12-8-11(3-5-16-12)14(21)19-6-7-20-10-17-18-13(20)9-19/h3,5,8,10H,2,4,6-7,9H2,1H3,(H,15,16). The molecule has 7 nitrogen and oxygen atoms in total. The van der Waals surface area contributed by atoms with Gasteiger partial charge in [-0.25, -0.2) is 4.98 Å². The average Bonchev–Trinajstić information content (AvgIpc) is 3.00. The topological polar surface area (TPSA) is 75.9 Å². The number of hydrogen-bond donors (Lipinski definition) is 1. The maximum atomic E-state index is 12.6. The Bertz CT molecular complexity index is 638. The van der Waals surface area contributed by atoms with Crippen LogP contribution >= 0.6 is 0 Å². The van der Waals surface area contributed by atoms with Gasteiger partial charge < -0.3 is 14.8 Å². The van der Waals surface area contributed by atoms with Gasteiger partial charge in [-0.1, -0.05) is 6.92 Å². The zero-order valence-electron chi connectivity index (χ0n) is 12.0. The fourth-order valence-corrected chi connectivity index (χ4v) is 2.34. The van der Waals surface area contributed by atoms with Gasteiger partial charge in [0.05, 0.1) is 6.54 Å². The number of aromatic nitrogens is 4. The molecule has 0 aromatic carbocycles. The molecule has 2 aromatic heterocycles. The highest BCUT2D eigenvalue weighted by Crippen LogP contribution is 2.15. The second kappa shape index (κ2) is 5.90. The third-order valence-corrected chi connectivity index (χ3v) is 3.49. The van der Waals surface area contributed by atoms with Crippen LogP contribution in [0.4, 0.5) is 5.82 Å².